The van der Waals surface area contributed by atoms with E-state index in [1.165, 1.54) is 55.8 Å². The Labute approximate surface area is 134 Å². The summed E-state index contributed by atoms with van der Waals surface area (Å²) in [6.07, 6.45) is 7.06. The van der Waals surface area contributed by atoms with E-state index in [0.717, 1.165) is 19.0 Å². The average molecular weight is 307 g/mol. The third-order valence-corrected chi connectivity index (χ3v) is 5.32. The van der Waals surface area contributed by atoms with Crippen molar-refractivity contribution in [2.45, 2.75) is 37.0 Å². The molecule has 0 aromatic heterocycles. The molecular weight excluding hydrogens is 276 g/mol. The van der Waals surface area contributed by atoms with Crippen LogP contribution in [0.1, 0.15) is 32.1 Å². The third kappa shape index (κ3) is 7.35. The monoisotopic (exact) mass is 306 g/mol. The molecule has 1 N–H and O–H groups in total. The second-order valence-electron chi connectivity index (χ2n) is 6.18. The summed E-state index contributed by atoms with van der Waals surface area (Å²) in [7, 11) is 2.27. The molecule has 1 aromatic carbocycles. The van der Waals surface area contributed by atoms with E-state index in [1.807, 2.05) is 11.8 Å². The summed E-state index contributed by atoms with van der Waals surface area (Å²) in [5.74, 6) is 2.17. The van der Waals surface area contributed by atoms with E-state index in [9.17, 15) is 0 Å². The molecule has 3 heteroatoms. The highest BCUT2D eigenvalue weighted by Gasteiger charge is 2.16. The molecule has 1 aliphatic carbocycles. The van der Waals surface area contributed by atoms with Gasteiger partial charge in [0.2, 0.25) is 0 Å². The van der Waals surface area contributed by atoms with Gasteiger partial charge >= 0.3 is 0 Å². The normalized spacial score (nSPS) is 15.9. The maximum Gasteiger partial charge on any atom is 0.0104 e. The van der Waals surface area contributed by atoms with Gasteiger partial charge in [0.1, 0.15) is 0 Å². The maximum atomic E-state index is 3.57. The van der Waals surface area contributed by atoms with Gasteiger partial charge in [-0.25, -0.2) is 0 Å². The molecule has 0 spiro atoms. The Morgan fingerprint density at radius 1 is 1.14 bits per heavy atom. The van der Waals surface area contributed by atoms with E-state index in [1.54, 1.807) is 0 Å². The number of hydrogen-bond donors (Lipinski definition) is 1. The summed E-state index contributed by atoms with van der Waals surface area (Å²) in [6.45, 7) is 4.74. The van der Waals surface area contributed by atoms with Gasteiger partial charge in [0.25, 0.3) is 0 Å². The van der Waals surface area contributed by atoms with Crippen LogP contribution in [0.2, 0.25) is 0 Å². The first-order valence-electron chi connectivity index (χ1n) is 8.42. The fraction of sp³-hybridized carbons (Fsp3) is 0.667. The molecule has 2 rings (SSSR count). The first-order chi connectivity index (χ1) is 10.3. The maximum absolute atomic E-state index is 3.57. The molecule has 1 saturated carbocycles. The Morgan fingerprint density at radius 2 is 1.90 bits per heavy atom. The molecule has 0 radical (unpaired) electrons. The van der Waals surface area contributed by atoms with Crippen molar-refractivity contribution >= 4 is 11.8 Å². The van der Waals surface area contributed by atoms with Crippen LogP contribution >= 0.6 is 11.8 Å². The molecule has 21 heavy (non-hydrogen) atoms. The lowest BCUT2D eigenvalue weighted by Gasteiger charge is -2.20. The first-order valence-corrected chi connectivity index (χ1v) is 9.40. The minimum Gasteiger partial charge on any atom is -0.315 e. The van der Waals surface area contributed by atoms with Gasteiger partial charge < -0.3 is 10.2 Å². The molecule has 0 saturated heterocycles. The average Bonchev–Trinajstić information content (AvgIpc) is 3.00. The van der Waals surface area contributed by atoms with Crippen LogP contribution in [-0.4, -0.2) is 43.9 Å². The second kappa shape index (κ2) is 10.3. The van der Waals surface area contributed by atoms with Crippen molar-refractivity contribution in [1.82, 2.24) is 10.2 Å². The zero-order valence-electron chi connectivity index (χ0n) is 13.4. The van der Waals surface area contributed by atoms with Crippen molar-refractivity contribution in [3.63, 3.8) is 0 Å². The van der Waals surface area contributed by atoms with Crippen LogP contribution in [0.25, 0.3) is 0 Å². The largest absolute Gasteiger partial charge is 0.315 e. The lowest BCUT2D eigenvalue weighted by molar-refractivity contribution is 0.278. The molecular formula is C18H30N2S. The van der Waals surface area contributed by atoms with Crippen molar-refractivity contribution < 1.29 is 0 Å². The molecule has 1 fully saturated rings. The van der Waals surface area contributed by atoms with Crippen molar-refractivity contribution in [2.24, 2.45) is 5.92 Å². The lowest BCUT2D eigenvalue weighted by Crippen LogP contribution is -2.32. The predicted octanol–water partition coefficient (Wildman–Crippen LogP) is 3.88. The molecule has 1 aromatic rings. The van der Waals surface area contributed by atoms with Gasteiger partial charge in [-0.05, 0) is 56.7 Å². The van der Waals surface area contributed by atoms with Gasteiger partial charge in [0.05, 0.1) is 0 Å². The van der Waals surface area contributed by atoms with Gasteiger partial charge in [-0.2, -0.15) is 0 Å². The molecule has 0 bridgehead atoms. The zero-order valence-corrected chi connectivity index (χ0v) is 14.2. The van der Waals surface area contributed by atoms with Gasteiger partial charge in [0.15, 0.2) is 0 Å². The molecule has 1 aliphatic rings. The number of likely N-dealkylation sites (N-methyl/N-ethyl adjacent to an activating group) is 1. The number of hydrogen-bond acceptors (Lipinski definition) is 3. The summed E-state index contributed by atoms with van der Waals surface area (Å²) >= 11 is 1.96. The number of nitrogens with zero attached hydrogens (tertiary/aromatic N) is 1. The standard InChI is InChI=1S/C18H30N2S/c1-20(16-17-8-5-6-9-17)14-13-19-12-7-15-21-18-10-3-2-4-11-18/h2-4,10-11,17,19H,5-9,12-16H2,1H3. The fourth-order valence-corrected chi connectivity index (χ4v) is 3.90. The third-order valence-electron chi connectivity index (χ3n) is 4.22. The van der Waals surface area contributed by atoms with Crippen LogP contribution < -0.4 is 5.32 Å². The highest BCUT2D eigenvalue weighted by molar-refractivity contribution is 7.99. The molecule has 0 unspecified atom stereocenters. The van der Waals surface area contributed by atoms with Crippen molar-refractivity contribution in [3.05, 3.63) is 30.3 Å². The quantitative estimate of drug-likeness (QED) is 0.522. The minimum absolute atomic E-state index is 0.970. The van der Waals surface area contributed by atoms with Crippen LogP contribution in [0.15, 0.2) is 35.2 Å². The number of benzene rings is 1. The summed E-state index contributed by atoms with van der Waals surface area (Å²) < 4.78 is 0. The van der Waals surface area contributed by atoms with E-state index in [-0.39, 0.29) is 0 Å². The van der Waals surface area contributed by atoms with Gasteiger partial charge in [-0.1, -0.05) is 31.0 Å². The van der Waals surface area contributed by atoms with Gasteiger partial charge in [-0.3, -0.25) is 0 Å². The van der Waals surface area contributed by atoms with Gasteiger partial charge in [0, 0.05) is 24.5 Å². The fourth-order valence-electron chi connectivity index (χ4n) is 3.02. The van der Waals surface area contributed by atoms with Crippen molar-refractivity contribution in [1.29, 1.82) is 0 Å². The summed E-state index contributed by atoms with van der Waals surface area (Å²) in [4.78, 5) is 3.88. The Balaban J connectivity index is 1.41. The van der Waals surface area contributed by atoms with Crippen LogP contribution in [0.5, 0.6) is 0 Å². The molecule has 2 nitrogen and oxygen atoms in total. The second-order valence-corrected chi connectivity index (χ2v) is 7.35. The predicted molar refractivity (Wildman–Crippen MR) is 94.1 cm³/mol. The Kier molecular flexibility index (Phi) is 8.23. The van der Waals surface area contributed by atoms with E-state index < -0.39 is 0 Å². The SMILES string of the molecule is CN(CCNCCCSc1ccccc1)CC1CCCC1. The number of thioether (sulfide) groups is 1. The van der Waals surface area contributed by atoms with Crippen molar-refractivity contribution in [3.8, 4) is 0 Å². The van der Waals surface area contributed by atoms with Crippen LogP contribution in [0, 0.1) is 5.92 Å². The lowest BCUT2D eigenvalue weighted by atomic mass is 10.1. The van der Waals surface area contributed by atoms with E-state index in [2.05, 4.69) is 47.6 Å². The van der Waals surface area contributed by atoms with E-state index >= 15 is 0 Å². The Morgan fingerprint density at radius 3 is 2.67 bits per heavy atom. The zero-order chi connectivity index (χ0) is 14.8. The molecule has 0 amide bonds. The Hall–Kier alpha value is -0.510. The topological polar surface area (TPSA) is 15.3 Å². The number of rotatable bonds is 10. The summed E-state index contributed by atoms with van der Waals surface area (Å²) in [6, 6.07) is 10.7. The summed E-state index contributed by atoms with van der Waals surface area (Å²) in [5, 5.41) is 3.57. The first kappa shape index (κ1) is 16.9. The highest BCUT2D eigenvalue weighted by Crippen LogP contribution is 2.24. The molecule has 118 valence electrons. The molecule has 0 aliphatic heterocycles. The molecule has 0 atom stereocenters. The number of nitrogens with one attached hydrogen (secondary N) is 1. The van der Waals surface area contributed by atoms with Crippen LogP contribution in [0.4, 0.5) is 0 Å². The molecule has 0 heterocycles. The minimum atomic E-state index is 0.970. The highest BCUT2D eigenvalue weighted by atomic mass is 32.2. The van der Waals surface area contributed by atoms with Crippen molar-refractivity contribution in [2.75, 3.05) is 39.0 Å². The van der Waals surface area contributed by atoms with Gasteiger partial charge in [-0.15, -0.1) is 11.8 Å². The van der Waals surface area contributed by atoms with E-state index in [4.69, 9.17) is 0 Å². The summed E-state index contributed by atoms with van der Waals surface area (Å²) in [5.41, 5.74) is 0. The Bertz CT molecular complexity index is 363. The smallest absolute Gasteiger partial charge is 0.0104 e. The van der Waals surface area contributed by atoms with E-state index in [0.29, 0.717) is 0 Å². The van der Waals surface area contributed by atoms with Crippen LogP contribution in [0.3, 0.4) is 0 Å². The van der Waals surface area contributed by atoms with Crippen LogP contribution in [-0.2, 0) is 0 Å².